The molecule has 0 bridgehead atoms. The minimum absolute atomic E-state index is 0.216. The van der Waals surface area contributed by atoms with Crippen LogP contribution in [0, 0.1) is 12.7 Å². The van der Waals surface area contributed by atoms with Crippen LogP contribution in [0.15, 0.2) is 23.2 Å². The summed E-state index contributed by atoms with van der Waals surface area (Å²) in [5.41, 5.74) is 2.96. The van der Waals surface area contributed by atoms with E-state index in [1.165, 1.54) is 6.07 Å². The maximum Gasteiger partial charge on any atom is 0.233 e. The van der Waals surface area contributed by atoms with Crippen LogP contribution in [-0.4, -0.2) is 23.6 Å². The van der Waals surface area contributed by atoms with E-state index < -0.39 is 0 Å². The number of nitrogens with zero attached hydrogens (tertiary/aromatic N) is 2. The predicted octanol–water partition coefficient (Wildman–Crippen LogP) is 2.40. The molecule has 3 rings (SSSR count). The zero-order valence-electron chi connectivity index (χ0n) is 9.83. The second kappa shape index (κ2) is 3.58. The van der Waals surface area contributed by atoms with Gasteiger partial charge in [0.2, 0.25) is 5.90 Å². The van der Waals surface area contributed by atoms with Crippen LogP contribution in [0.1, 0.15) is 11.3 Å². The Morgan fingerprint density at radius 3 is 2.94 bits per heavy atom. The molecule has 17 heavy (non-hydrogen) atoms. The molecule has 4 heteroatoms. The van der Waals surface area contributed by atoms with Gasteiger partial charge in [0.15, 0.2) is 0 Å². The lowest BCUT2D eigenvalue weighted by Crippen LogP contribution is -2.08. The fourth-order valence-corrected chi connectivity index (χ4v) is 2.38. The van der Waals surface area contributed by atoms with Crippen LogP contribution in [0.5, 0.6) is 0 Å². The van der Waals surface area contributed by atoms with Gasteiger partial charge in [0.25, 0.3) is 0 Å². The smallest absolute Gasteiger partial charge is 0.233 e. The minimum Gasteiger partial charge on any atom is -0.474 e. The van der Waals surface area contributed by atoms with Crippen LogP contribution >= 0.6 is 0 Å². The molecule has 0 saturated heterocycles. The van der Waals surface area contributed by atoms with Gasteiger partial charge < -0.3 is 9.30 Å². The van der Waals surface area contributed by atoms with Crippen molar-refractivity contribution >= 4 is 16.8 Å². The maximum absolute atomic E-state index is 13.3. The highest BCUT2D eigenvalue weighted by molar-refractivity contribution is 6.02. The Morgan fingerprint density at radius 2 is 2.24 bits per heavy atom. The van der Waals surface area contributed by atoms with E-state index in [0.717, 1.165) is 22.2 Å². The molecule has 0 amide bonds. The minimum atomic E-state index is -0.216. The number of ether oxygens (including phenoxy) is 1. The van der Waals surface area contributed by atoms with Crippen molar-refractivity contribution < 1.29 is 9.13 Å². The zero-order valence-corrected chi connectivity index (χ0v) is 9.83. The summed E-state index contributed by atoms with van der Waals surface area (Å²) in [5, 5.41) is 0.917. The first-order valence-corrected chi connectivity index (χ1v) is 5.60. The summed E-state index contributed by atoms with van der Waals surface area (Å²) < 4.78 is 20.8. The lowest BCUT2D eigenvalue weighted by atomic mass is 10.1. The number of aryl methyl sites for hydroxylation is 2. The number of aliphatic imine (C=N–C) groups is 1. The van der Waals surface area contributed by atoms with E-state index in [2.05, 4.69) is 4.99 Å². The first-order valence-electron chi connectivity index (χ1n) is 5.60. The second-order valence-electron chi connectivity index (χ2n) is 4.23. The third-order valence-corrected chi connectivity index (χ3v) is 3.20. The van der Waals surface area contributed by atoms with Crippen molar-refractivity contribution in [1.29, 1.82) is 0 Å². The molecule has 0 aliphatic carbocycles. The van der Waals surface area contributed by atoms with Gasteiger partial charge in [0.1, 0.15) is 18.1 Å². The average molecular weight is 232 g/mol. The molecule has 88 valence electrons. The Labute approximate surface area is 98.5 Å². The Hall–Kier alpha value is -1.84. The van der Waals surface area contributed by atoms with E-state index >= 15 is 0 Å². The van der Waals surface area contributed by atoms with Crippen molar-refractivity contribution in [2.24, 2.45) is 12.0 Å². The Bertz CT molecular complexity index is 628. The molecule has 1 aliphatic rings. The van der Waals surface area contributed by atoms with Crippen molar-refractivity contribution in [3.63, 3.8) is 0 Å². The molecule has 2 aromatic rings. The van der Waals surface area contributed by atoms with Gasteiger partial charge in [-0.05, 0) is 30.7 Å². The van der Waals surface area contributed by atoms with E-state index in [0.29, 0.717) is 19.0 Å². The highest BCUT2D eigenvalue weighted by atomic mass is 19.1. The molecule has 0 saturated carbocycles. The van der Waals surface area contributed by atoms with E-state index in [1.807, 2.05) is 18.5 Å². The third kappa shape index (κ3) is 1.44. The van der Waals surface area contributed by atoms with Crippen molar-refractivity contribution in [1.82, 2.24) is 4.57 Å². The number of hydrogen-bond donors (Lipinski definition) is 0. The molecule has 2 heterocycles. The molecule has 1 aromatic carbocycles. The first kappa shape index (κ1) is 10.3. The summed E-state index contributed by atoms with van der Waals surface area (Å²) in [4.78, 5) is 4.33. The standard InChI is InChI=1S/C13H13FN2O/c1-8-10-7-9(14)3-4-11(10)16(2)12(8)13-15-5-6-17-13/h3-4,7H,5-6H2,1-2H3. The third-order valence-electron chi connectivity index (χ3n) is 3.20. The lowest BCUT2D eigenvalue weighted by Gasteiger charge is -2.05. The van der Waals surface area contributed by atoms with Gasteiger partial charge in [-0.3, -0.25) is 0 Å². The second-order valence-corrected chi connectivity index (χ2v) is 4.23. The van der Waals surface area contributed by atoms with Gasteiger partial charge in [-0.25, -0.2) is 9.38 Å². The Kier molecular flexibility index (Phi) is 2.18. The summed E-state index contributed by atoms with van der Waals surface area (Å²) in [6.07, 6.45) is 0. The molecule has 0 N–H and O–H groups in total. The van der Waals surface area contributed by atoms with Crippen LogP contribution in [0.2, 0.25) is 0 Å². The molecule has 1 aliphatic heterocycles. The Balaban J connectivity index is 2.32. The van der Waals surface area contributed by atoms with Gasteiger partial charge >= 0.3 is 0 Å². The zero-order chi connectivity index (χ0) is 12.0. The van der Waals surface area contributed by atoms with Crippen LogP contribution in [0.4, 0.5) is 4.39 Å². The molecule has 0 unspecified atom stereocenters. The number of rotatable bonds is 1. The number of halogens is 1. The number of benzene rings is 1. The molecule has 3 nitrogen and oxygen atoms in total. The van der Waals surface area contributed by atoms with E-state index in [1.54, 1.807) is 12.1 Å². The summed E-state index contributed by atoms with van der Waals surface area (Å²) in [5.74, 6) is 0.452. The van der Waals surface area contributed by atoms with Crippen LogP contribution in [0.25, 0.3) is 10.9 Å². The Morgan fingerprint density at radius 1 is 1.41 bits per heavy atom. The monoisotopic (exact) mass is 232 g/mol. The van der Waals surface area contributed by atoms with Gasteiger partial charge in [-0.2, -0.15) is 0 Å². The van der Waals surface area contributed by atoms with Crippen LogP contribution in [0.3, 0.4) is 0 Å². The van der Waals surface area contributed by atoms with Crippen molar-refractivity contribution in [2.45, 2.75) is 6.92 Å². The largest absolute Gasteiger partial charge is 0.474 e. The predicted molar refractivity (Wildman–Crippen MR) is 65.0 cm³/mol. The van der Waals surface area contributed by atoms with Crippen molar-refractivity contribution in [2.75, 3.05) is 13.2 Å². The molecular weight excluding hydrogens is 219 g/mol. The van der Waals surface area contributed by atoms with Gasteiger partial charge in [-0.15, -0.1) is 0 Å². The molecular formula is C13H13FN2O. The summed E-state index contributed by atoms with van der Waals surface area (Å²) in [7, 11) is 1.95. The van der Waals surface area contributed by atoms with E-state index in [4.69, 9.17) is 4.74 Å². The van der Waals surface area contributed by atoms with Crippen molar-refractivity contribution in [3.8, 4) is 0 Å². The summed E-state index contributed by atoms with van der Waals surface area (Å²) in [6, 6.07) is 4.82. The highest BCUT2D eigenvalue weighted by Gasteiger charge is 2.20. The summed E-state index contributed by atoms with van der Waals surface area (Å²) >= 11 is 0. The van der Waals surface area contributed by atoms with Gasteiger partial charge in [0, 0.05) is 18.0 Å². The molecule has 0 atom stereocenters. The van der Waals surface area contributed by atoms with E-state index in [-0.39, 0.29) is 5.82 Å². The number of hydrogen-bond acceptors (Lipinski definition) is 2. The van der Waals surface area contributed by atoms with Gasteiger partial charge in [0.05, 0.1) is 6.54 Å². The quantitative estimate of drug-likeness (QED) is 0.741. The van der Waals surface area contributed by atoms with E-state index in [9.17, 15) is 4.39 Å². The molecule has 0 spiro atoms. The van der Waals surface area contributed by atoms with Gasteiger partial charge in [-0.1, -0.05) is 0 Å². The molecule has 0 fully saturated rings. The van der Waals surface area contributed by atoms with Crippen LogP contribution < -0.4 is 0 Å². The molecule has 1 aromatic heterocycles. The topological polar surface area (TPSA) is 26.5 Å². The fourth-order valence-electron chi connectivity index (χ4n) is 2.38. The fraction of sp³-hybridized carbons (Fsp3) is 0.308. The van der Waals surface area contributed by atoms with Crippen molar-refractivity contribution in [3.05, 3.63) is 35.3 Å². The number of aromatic nitrogens is 1. The molecule has 0 radical (unpaired) electrons. The average Bonchev–Trinajstić information content (AvgIpc) is 2.88. The SMILES string of the molecule is Cc1c(C2=NCCO2)n(C)c2ccc(F)cc12. The summed E-state index contributed by atoms with van der Waals surface area (Å²) in [6.45, 7) is 3.30. The number of fused-ring (bicyclic) bond motifs is 1. The lowest BCUT2D eigenvalue weighted by molar-refractivity contribution is 0.346. The maximum atomic E-state index is 13.3. The van der Waals surface area contributed by atoms with Crippen LogP contribution in [-0.2, 0) is 11.8 Å². The normalized spacial score (nSPS) is 15.1. The highest BCUT2D eigenvalue weighted by Crippen LogP contribution is 2.26. The first-order chi connectivity index (χ1) is 8.18.